The van der Waals surface area contributed by atoms with E-state index >= 15 is 0 Å². The van der Waals surface area contributed by atoms with Crippen molar-refractivity contribution < 1.29 is 4.79 Å². The van der Waals surface area contributed by atoms with Crippen molar-refractivity contribution in [2.24, 2.45) is 0 Å². The lowest BCUT2D eigenvalue weighted by molar-refractivity contribution is 0.0954. The number of hydrogen-bond acceptors (Lipinski definition) is 6. The molecule has 0 radical (unpaired) electrons. The molecule has 0 saturated carbocycles. The summed E-state index contributed by atoms with van der Waals surface area (Å²) < 4.78 is 0. The van der Waals surface area contributed by atoms with Crippen molar-refractivity contribution in [1.82, 2.24) is 35.9 Å². The fourth-order valence-electron chi connectivity index (χ4n) is 2.05. The summed E-state index contributed by atoms with van der Waals surface area (Å²) in [6.07, 6.45) is 0.522. The van der Waals surface area contributed by atoms with Gasteiger partial charge in [-0.05, 0) is 32.0 Å². The van der Waals surface area contributed by atoms with Crippen LogP contribution in [0.15, 0.2) is 18.2 Å². The second-order valence-electron chi connectivity index (χ2n) is 4.93. The van der Waals surface area contributed by atoms with Gasteiger partial charge in [-0.3, -0.25) is 4.79 Å². The van der Waals surface area contributed by atoms with E-state index in [0.29, 0.717) is 29.9 Å². The summed E-state index contributed by atoms with van der Waals surface area (Å²) in [4.78, 5) is 21.1. The number of tetrazole rings is 1. The van der Waals surface area contributed by atoms with Crippen LogP contribution in [0.3, 0.4) is 0 Å². The van der Waals surface area contributed by atoms with Crippen molar-refractivity contribution in [1.29, 1.82) is 0 Å². The summed E-state index contributed by atoms with van der Waals surface area (Å²) in [5.74, 6) is 0.404. The molecule has 22 heavy (non-hydrogen) atoms. The molecule has 2 aromatic heterocycles. The van der Waals surface area contributed by atoms with Crippen molar-refractivity contribution in [2.75, 3.05) is 6.54 Å². The van der Waals surface area contributed by atoms with Gasteiger partial charge in [0.15, 0.2) is 5.82 Å². The van der Waals surface area contributed by atoms with Crippen molar-refractivity contribution in [3.8, 4) is 0 Å². The van der Waals surface area contributed by atoms with Gasteiger partial charge in [0.2, 0.25) is 0 Å². The van der Waals surface area contributed by atoms with Gasteiger partial charge in [0.1, 0.15) is 0 Å². The SMILES string of the molecule is Cc1nc2ccc(C(=O)NCCc3nn[nH]n3)cc2nc1C. The summed E-state index contributed by atoms with van der Waals surface area (Å²) >= 11 is 0. The van der Waals surface area contributed by atoms with Gasteiger partial charge in [-0.1, -0.05) is 5.21 Å². The minimum atomic E-state index is -0.162. The van der Waals surface area contributed by atoms with E-state index in [0.717, 1.165) is 16.9 Å². The van der Waals surface area contributed by atoms with E-state index in [4.69, 9.17) is 0 Å². The number of benzene rings is 1. The van der Waals surface area contributed by atoms with Crippen LogP contribution in [0, 0.1) is 13.8 Å². The quantitative estimate of drug-likeness (QED) is 0.734. The molecule has 3 aromatic rings. The highest BCUT2D eigenvalue weighted by Crippen LogP contribution is 2.14. The van der Waals surface area contributed by atoms with Crippen molar-refractivity contribution in [3.05, 3.63) is 41.0 Å². The number of nitrogens with one attached hydrogen (secondary N) is 2. The number of nitrogens with zero attached hydrogens (tertiary/aromatic N) is 5. The van der Waals surface area contributed by atoms with E-state index in [-0.39, 0.29) is 5.91 Å². The lowest BCUT2D eigenvalue weighted by Gasteiger charge is -2.06. The Morgan fingerprint density at radius 1 is 1.18 bits per heavy atom. The molecule has 8 nitrogen and oxygen atoms in total. The molecule has 0 unspecified atom stereocenters. The molecule has 2 heterocycles. The number of fused-ring (bicyclic) bond motifs is 1. The minimum Gasteiger partial charge on any atom is -0.352 e. The monoisotopic (exact) mass is 297 g/mol. The molecule has 0 aliphatic rings. The van der Waals surface area contributed by atoms with E-state index in [9.17, 15) is 4.79 Å². The average Bonchev–Trinajstić information content (AvgIpc) is 3.01. The van der Waals surface area contributed by atoms with E-state index in [2.05, 4.69) is 35.9 Å². The van der Waals surface area contributed by atoms with Crippen LogP contribution >= 0.6 is 0 Å². The lowest BCUT2D eigenvalue weighted by Crippen LogP contribution is -2.26. The number of amides is 1. The topological polar surface area (TPSA) is 109 Å². The molecular formula is C14H15N7O. The zero-order valence-electron chi connectivity index (χ0n) is 12.3. The van der Waals surface area contributed by atoms with Crippen molar-refractivity contribution in [3.63, 3.8) is 0 Å². The number of aromatic amines is 1. The molecule has 0 aliphatic heterocycles. The van der Waals surface area contributed by atoms with Gasteiger partial charge in [-0.15, -0.1) is 10.2 Å². The van der Waals surface area contributed by atoms with E-state index in [1.807, 2.05) is 19.9 Å². The van der Waals surface area contributed by atoms with E-state index < -0.39 is 0 Å². The third-order valence-electron chi connectivity index (χ3n) is 3.36. The van der Waals surface area contributed by atoms with Gasteiger partial charge < -0.3 is 5.32 Å². The Balaban J connectivity index is 1.72. The normalized spacial score (nSPS) is 10.8. The number of aromatic nitrogens is 6. The fraction of sp³-hybridized carbons (Fsp3) is 0.286. The first kappa shape index (κ1) is 14.1. The molecule has 3 rings (SSSR count). The van der Waals surface area contributed by atoms with Crippen LogP contribution in [-0.4, -0.2) is 43.0 Å². The van der Waals surface area contributed by atoms with Crippen LogP contribution in [0.25, 0.3) is 11.0 Å². The molecule has 0 fully saturated rings. The van der Waals surface area contributed by atoms with E-state index in [1.54, 1.807) is 12.1 Å². The first-order valence-corrected chi connectivity index (χ1v) is 6.89. The van der Waals surface area contributed by atoms with Crippen molar-refractivity contribution in [2.45, 2.75) is 20.3 Å². The van der Waals surface area contributed by atoms with Crippen LogP contribution < -0.4 is 5.32 Å². The van der Waals surface area contributed by atoms with E-state index in [1.165, 1.54) is 0 Å². The molecule has 0 atom stereocenters. The Kier molecular flexibility index (Phi) is 3.73. The summed E-state index contributed by atoms with van der Waals surface area (Å²) in [6.45, 7) is 4.26. The van der Waals surface area contributed by atoms with Crippen LogP contribution in [0.1, 0.15) is 27.6 Å². The Hall–Kier alpha value is -2.90. The zero-order chi connectivity index (χ0) is 15.5. The molecular weight excluding hydrogens is 282 g/mol. The maximum Gasteiger partial charge on any atom is 0.251 e. The molecule has 2 N–H and O–H groups in total. The number of carbonyl (C=O) groups is 1. The third kappa shape index (κ3) is 2.90. The number of H-pyrrole nitrogens is 1. The Morgan fingerprint density at radius 2 is 1.95 bits per heavy atom. The van der Waals surface area contributed by atoms with Gasteiger partial charge in [-0.2, -0.15) is 5.21 Å². The second-order valence-corrected chi connectivity index (χ2v) is 4.93. The largest absolute Gasteiger partial charge is 0.352 e. The summed E-state index contributed by atoms with van der Waals surface area (Å²) in [5, 5.41) is 16.3. The number of hydrogen-bond donors (Lipinski definition) is 2. The van der Waals surface area contributed by atoms with Crippen molar-refractivity contribution >= 4 is 16.9 Å². The highest BCUT2D eigenvalue weighted by atomic mass is 16.1. The van der Waals surface area contributed by atoms with Crippen LogP contribution in [0.4, 0.5) is 0 Å². The molecule has 0 spiro atoms. The second kappa shape index (κ2) is 5.84. The number of carbonyl (C=O) groups excluding carboxylic acids is 1. The summed E-state index contributed by atoms with van der Waals surface area (Å²) in [5.41, 5.74) is 3.81. The highest BCUT2D eigenvalue weighted by molar-refractivity contribution is 5.97. The van der Waals surface area contributed by atoms with Crippen LogP contribution in [0.5, 0.6) is 0 Å². The standard InChI is InChI=1S/C14H15N7O/c1-8-9(2)17-12-7-10(3-4-11(12)16-8)14(22)15-6-5-13-18-20-21-19-13/h3-4,7H,5-6H2,1-2H3,(H,15,22)(H,18,19,20,21). The predicted molar refractivity (Wildman–Crippen MR) is 79.2 cm³/mol. The fourth-order valence-corrected chi connectivity index (χ4v) is 2.05. The Morgan fingerprint density at radius 3 is 2.68 bits per heavy atom. The first-order chi connectivity index (χ1) is 10.6. The smallest absolute Gasteiger partial charge is 0.251 e. The van der Waals surface area contributed by atoms with Gasteiger partial charge in [0.05, 0.1) is 22.4 Å². The minimum absolute atomic E-state index is 0.162. The van der Waals surface area contributed by atoms with Gasteiger partial charge in [0.25, 0.3) is 5.91 Å². The Bertz CT molecular complexity index is 813. The van der Waals surface area contributed by atoms with Crippen LogP contribution in [0.2, 0.25) is 0 Å². The number of rotatable bonds is 4. The van der Waals surface area contributed by atoms with Crippen LogP contribution in [-0.2, 0) is 6.42 Å². The van der Waals surface area contributed by atoms with Gasteiger partial charge in [-0.25, -0.2) is 9.97 Å². The molecule has 1 aromatic carbocycles. The zero-order valence-corrected chi connectivity index (χ0v) is 12.3. The van der Waals surface area contributed by atoms with Gasteiger partial charge in [0, 0.05) is 18.5 Å². The molecule has 112 valence electrons. The Labute approximate surface area is 126 Å². The molecule has 0 aliphatic carbocycles. The maximum absolute atomic E-state index is 12.1. The third-order valence-corrected chi connectivity index (χ3v) is 3.36. The predicted octanol–water partition coefficient (Wildman–Crippen LogP) is 0.732. The highest BCUT2D eigenvalue weighted by Gasteiger charge is 2.09. The summed E-state index contributed by atoms with van der Waals surface area (Å²) in [6, 6.07) is 5.30. The molecule has 8 heteroatoms. The molecule has 0 saturated heterocycles. The molecule has 1 amide bonds. The van der Waals surface area contributed by atoms with Gasteiger partial charge >= 0.3 is 0 Å². The lowest BCUT2D eigenvalue weighted by atomic mass is 10.1. The average molecular weight is 297 g/mol. The molecule has 0 bridgehead atoms. The first-order valence-electron chi connectivity index (χ1n) is 6.89. The number of aryl methyl sites for hydroxylation is 2. The maximum atomic E-state index is 12.1. The summed E-state index contributed by atoms with van der Waals surface area (Å²) in [7, 11) is 0.